The highest BCUT2D eigenvalue weighted by atomic mass is 16.5. The first-order valence-electron chi connectivity index (χ1n) is 9.29. The second-order valence-electron chi connectivity index (χ2n) is 6.72. The molecule has 1 aliphatic carbocycles. The van der Waals surface area contributed by atoms with Crippen LogP contribution in [0.1, 0.15) is 46.2 Å². The molecule has 4 rings (SSSR count). The van der Waals surface area contributed by atoms with Crippen LogP contribution in [0.3, 0.4) is 0 Å². The Kier molecular flexibility index (Phi) is 4.63. The Labute approximate surface area is 159 Å². The molecular weight excluding hydrogens is 336 g/mol. The molecule has 0 bridgehead atoms. The Morgan fingerprint density at radius 3 is 2.56 bits per heavy atom. The van der Waals surface area contributed by atoms with Crippen LogP contribution in [-0.4, -0.2) is 22.4 Å². The van der Waals surface area contributed by atoms with Gasteiger partial charge in [-0.05, 0) is 56.0 Å². The van der Waals surface area contributed by atoms with Crippen LogP contribution < -0.4 is 0 Å². The third-order valence-corrected chi connectivity index (χ3v) is 4.82. The molecule has 1 heterocycles. The third-order valence-electron chi connectivity index (χ3n) is 4.82. The predicted octanol–water partition coefficient (Wildman–Crippen LogP) is 4.84. The standard InChI is InChI=1S/C23H22N2O2/c1-3-27-23(26)21-20-14-11-18(15-17-7-5-4-6-8-17)22(20)25(24-21)19-12-9-16(2)10-13-19/h4-10,12-13,15H,3,11,14H2,1-2H3/b18-15+. The zero-order valence-electron chi connectivity index (χ0n) is 15.6. The minimum absolute atomic E-state index is 0.345. The quantitative estimate of drug-likeness (QED) is 0.627. The summed E-state index contributed by atoms with van der Waals surface area (Å²) in [6.45, 7) is 4.22. The number of rotatable bonds is 4. The van der Waals surface area contributed by atoms with Gasteiger partial charge in [-0.3, -0.25) is 0 Å². The lowest BCUT2D eigenvalue weighted by atomic mass is 10.1. The summed E-state index contributed by atoms with van der Waals surface area (Å²) < 4.78 is 7.13. The van der Waals surface area contributed by atoms with E-state index in [1.807, 2.05) is 41.9 Å². The zero-order valence-corrected chi connectivity index (χ0v) is 15.6. The van der Waals surface area contributed by atoms with Crippen molar-refractivity contribution in [1.29, 1.82) is 0 Å². The van der Waals surface area contributed by atoms with E-state index in [9.17, 15) is 4.79 Å². The van der Waals surface area contributed by atoms with E-state index in [0.717, 1.165) is 35.3 Å². The van der Waals surface area contributed by atoms with Gasteiger partial charge in [0.1, 0.15) is 0 Å². The molecule has 0 radical (unpaired) electrons. The molecule has 3 aromatic rings. The molecule has 1 aromatic heterocycles. The maximum absolute atomic E-state index is 12.5. The summed E-state index contributed by atoms with van der Waals surface area (Å²) in [7, 11) is 0. The fraction of sp³-hybridized carbons (Fsp3) is 0.217. The van der Waals surface area contributed by atoms with Gasteiger partial charge in [0.15, 0.2) is 5.69 Å². The average molecular weight is 358 g/mol. The van der Waals surface area contributed by atoms with Crippen molar-refractivity contribution in [2.45, 2.75) is 26.7 Å². The van der Waals surface area contributed by atoms with Crippen molar-refractivity contribution < 1.29 is 9.53 Å². The second-order valence-corrected chi connectivity index (χ2v) is 6.72. The van der Waals surface area contributed by atoms with E-state index in [-0.39, 0.29) is 5.97 Å². The maximum atomic E-state index is 12.5. The largest absolute Gasteiger partial charge is 0.461 e. The summed E-state index contributed by atoms with van der Waals surface area (Å²) in [6, 6.07) is 18.4. The van der Waals surface area contributed by atoms with Gasteiger partial charge in [-0.15, -0.1) is 0 Å². The Balaban J connectivity index is 1.86. The summed E-state index contributed by atoms with van der Waals surface area (Å²) in [5.41, 5.74) is 6.92. The third kappa shape index (κ3) is 3.31. The van der Waals surface area contributed by atoms with Crippen LogP contribution in [0.5, 0.6) is 0 Å². The van der Waals surface area contributed by atoms with Crippen molar-refractivity contribution >= 4 is 17.6 Å². The summed E-state index contributed by atoms with van der Waals surface area (Å²) in [5, 5.41) is 4.64. The van der Waals surface area contributed by atoms with Gasteiger partial charge in [-0.1, -0.05) is 48.0 Å². The number of benzene rings is 2. The molecule has 4 nitrogen and oxygen atoms in total. The van der Waals surface area contributed by atoms with E-state index in [4.69, 9.17) is 4.74 Å². The van der Waals surface area contributed by atoms with E-state index >= 15 is 0 Å². The first kappa shape index (κ1) is 17.3. The minimum atomic E-state index is -0.347. The number of aryl methyl sites for hydroxylation is 1. The number of esters is 1. The van der Waals surface area contributed by atoms with Crippen molar-refractivity contribution in [1.82, 2.24) is 9.78 Å². The van der Waals surface area contributed by atoms with Crippen LogP contribution in [0.2, 0.25) is 0 Å². The molecule has 0 unspecified atom stereocenters. The molecule has 0 saturated carbocycles. The van der Waals surface area contributed by atoms with Gasteiger partial charge >= 0.3 is 5.97 Å². The first-order valence-corrected chi connectivity index (χ1v) is 9.29. The van der Waals surface area contributed by atoms with Crippen LogP contribution in [0, 0.1) is 6.92 Å². The molecule has 4 heteroatoms. The van der Waals surface area contributed by atoms with Gasteiger partial charge < -0.3 is 4.74 Å². The van der Waals surface area contributed by atoms with E-state index in [1.165, 1.54) is 11.1 Å². The van der Waals surface area contributed by atoms with E-state index in [2.05, 4.69) is 42.4 Å². The second kappa shape index (κ2) is 7.23. The smallest absolute Gasteiger partial charge is 0.359 e. The van der Waals surface area contributed by atoms with Crippen molar-refractivity contribution in [2.75, 3.05) is 6.61 Å². The Morgan fingerprint density at radius 1 is 1.11 bits per heavy atom. The van der Waals surface area contributed by atoms with Crippen molar-refractivity contribution in [3.63, 3.8) is 0 Å². The fourth-order valence-electron chi connectivity index (χ4n) is 3.52. The number of carbonyl (C=O) groups excluding carboxylic acids is 1. The predicted molar refractivity (Wildman–Crippen MR) is 107 cm³/mol. The van der Waals surface area contributed by atoms with Gasteiger partial charge in [0.25, 0.3) is 0 Å². The van der Waals surface area contributed by atoms with E-state index in [1.54, 1.807) is 0 Å². The highest BCUT2D eigenvalue weighted by Gasteiger charge is 2.30. The van der Waals surface area contributed by atoms with Crippen LogP contribution in [0.15, 0.2) is 54.6 Å². The molecule has 1 aliphatic rings. The summed E-state index contributed by atoms with van der Waals surface area (Å²) in [6.07, 6.45) is 3.88. The molecule has 2 aromatic carbocycles. The molecule has 0 N–H and O–H groups in total. The molecule has 0 saturated heterocycles. The Hall–Kier alpha value is -3.14. The molecule has 0 aliphatic heterocycles. The van der Waals surface area contributed by atoms with Gasteiger partial charge in [0, 0.05) is 5.56 Å². The number of hydrogen-bond acceptors (Lipinski definition) is 3. The van der Waals surface area contributed by atoms with Crippen molar-refractivity contribution in [2.24, 2.45) is 0 Å². The number of fused-ring (bicyclic) bond motifs is 1. The fourth-order valence-corrected chi connectivity index (χ4v) is 3.52. The van der Waals surface area contributed by atoms with Gasteiger partial charge in [0.2, 0.25) is 0 Å². The topological polar surface area (TPSA) is 44.1 Å². The molecule has 0 fully saturated rings. The molecule has 0 atom stereocenters. The summed E-state index contributed by atoms with van der Waals surface area (Å²) in [4.78, 5) is 12.5. The summed E-state index contributed by atoms with van der Waals surface area (Å²) in [5.74, 6) is -0.347. The van der Waals surface area contributed by atoms with Crippen LogP contribution in [0.4, 0.5) is 0 Å². The van der Waals surface area contributed by atoms with E-state index in [0.29, 0.717) is 12.3 Å². The molecular formula is C23H22N2O2. The lowest BCUT2D eigenvalue weighted by Gasteiger charge is -2.08. The molecule has 27 heavy (non-hydrogen) atoms. The highest BCUT2D eigenvalue weighted by molar-refractivity contribution is 5.94. The number of nitrogens with zero attached hydrogens (tertiary/aromatic N) is 2. The van der Waals surface area contributed by atoms with Crippen molar-refractivity contribution in [3.8, 4) is 5.69 Å². The van der Waals surface area contributed by atoms with Crippen LogP contribution >= 0.6 is 0 Å². The van der Waals surface area contributed by atoms with Crippen LogP contribution in [0.25, 0.3) is 17.3 Å². The number of allylic oxidation sites excluding steroid dienone is 1. The zero-order chi connectivity index (χ0) is 18.8. The first-order chi connectivity index (χ1) is 13.2. The Morgan fingerprint density at radius 2 is 1.85 bits per heavy atom. The number of carbonyl (C=O) groups is 1. The highest BCUT2D eigenvalue weighted by Crippen LogP contribution is 2.37. The number of ether oxygens (including phenoxy) is 1. The minimum Gasteiger partial charge on any atom is -0.461 e. The monoisotopic (exact) mass is 358 g/mol. The number of hydrogen-bond donors (Lipinski definition) is 0. The molecule has 0 amide bonds. The lowest BCUT2D eigenvalue weighted by molar-refractivity contribution is 0.0517. The van der Waals surface area contributed by atoms with Crippen molar-refractivity contribution in [3.05, 3.63) is 82.7 Å². The van der Waals surface area contributed by atoms with Gasteiger partial charge in [-0.2, -0.15) is 5.10 Å². The summed E-state index contributed by atoms with van der Waals surface area (Å²) >= 11 is 0. The van der Waals surface area contributed by atoms with Gasteiger partial charge in [-0.25, -0.2) is 9.48 Å². The normalized spacial score (nSPS) is 14.4. The number of aromatic nitrogens is 2. The maximum Gasteiger partial charge on any atom is 0.359 e. The molecule has 0 spiro atoms. The Bertz CT molecular complexity index is 999. The SMILES string of the molecule is CCOC(=O)c1nn(-c2ccc(C)cc2)c2c1CC/C2=C\c1ccccc1. The average Bonchev–Trinajstić information content (AvgIpc) is 3.25. The van der Waals surface area contributed by atoms with E-state index < -0.39 is 0 Å². The van der Waals surface area contributed by atoms with Gasteiger partial charge in [0.05, 0.1) is 18.0 Å². The molecule has 136 valence electrons. The lowest BCUT2D eigenvalue weighted by Crippen LogP contribution is -2.09. The van der Waals surface area contributed by atoms with Crippen LogP contribution in [-0.2, 0) is 11.2 Å².